The third-order valence-electron chi connectivity index (χ3n) is 2.63. The first-order chi connectivity index (χ1) is 6.72. The van der Waals surface area contributed by atoms with E-state index in [2.05, 4.69) is 50.3 Å². The second-order valence-electron chi connectivity index (χ2n) is 3.93. The van der Waals surface area contributed by atoms with Crippen LogP contribution in [0.15, 0.2) is 23.3 Å². The lowest BCUT2D eigenvalue weighted by atomic mass is 10.1. The Morgan fingerprint density at radius 3 is 2.71 bits per heavy atom. The van der Waals surface area contributed by atoms with E-state index >= 15 is 0 Å². The second kappa shape index (κ2) is 2.48. The van der Waals surface area contributed by atoms with Crippen LogP contribution in [-0.2, 0) is 0 Å². The lowest BCUT2D eigenvalue weighted by molar-refractivity contribution is 1.46. The minimum atomic E-state index is 1.21. The monoisotopic (exact) mass is 178 g/mol. The number of allylic oxidation sites excluding steroid dienone is 2. The highest BCUT2D eigenvalue weighted by molar-refractivity contribution is 5.73. The topological polar surface area (TPSA) is 0 Å². The molecule has 0 atom stereocenters. The van der Waals surface area contributed by atoms with E-state index in [0.717, 1.165) is 0 Å². The molecule has 2 aliphatic carbocycles. The number of hydrogen-bond donors (Lipinski definition) is 0. The normalized spacial score (nSPS) is 16.4. The summed E-state index contributed by atoms with van der Waals surface area (Å²) in [6, 6.07) is 4.39. The van der Waals surface area contributed by atoms with Crippen LogP contribution in [-0.4, -0.2) is 0 Å². The molecule has 0 N–H and O–H groups in total. The van der Waals surface area contributed by atoms with Crippen molar-refractivity contribution in [2.75, 3.05) is 0 Å². The Balaban J connectivity index is 2.36. The van der Waals surface area contributed by atoms with Crippen LogP contribution in [0.5, 0.6) is 0 Å². The molecule has 0 nitrogen and oxygen atoms in total. The number of fused-ring (bicyclic) bond motifs is 2. The van der Waals surface area contributed by atoms with Gasteiger partial charge in [0.15, 0.2) is 0 Å². The zero-order chi connectivity index (χ0) is 9.71. The van der Waals surface area contributed by atoms with E-state index in [0.29, 0.717) is 0 Å². The van der Waals surface area contributed by atoms with Crippen LogP contribution in [0.25, 0.3) is 18.2 Å². The minimum absolute atomic E-state index is 1.21. The summed E-state index contributed by atoms with van der Waals surface area (Å²) in [7, 11) is 0. The zero-order valence-electron chi connectivity index (χ0n) is 8.31. The van der Waals surface area contributed by atoms with Gasteiger partial charge in [-0.05, 0) is 0 Å². The van der Waals surface area contributed by atoms with Crippen molar-refractivity contribution in [1.29, 1.82) is 0 Å². The van der Waals surface area contributed by atoms with Crippen molar-refractivity contribution in [2.24, 2.45) is 0 Å². The van der Waals surface area contributed by atoms with Crippen molar-refractivity contribution in [3.05, 3.63) is 50.9 Å². The van der Waals surface area contributed by atoms with E-state index in [4.69, 9.17) is 0 Å². The molecule has 0 amide bonds. The van der Waals surface area contributed by atoms with Gasteiger partial charge in [0.25, 0.3) is 0 Å². The molecule has 0 aromatic heterocycles. The van der Waals surface area contributed by atoms with Gasteiger partial charge in [-0.1, -0.05) is 13.8 Å². The summed E-state index contributed by atoms with van der Waals surface area (Å²) in [5, 5.41) is 2.49. The van der Waals surface area contributed by atoms with Crippen molar-refractivity contribution < 1.29 is 0 Å². The van der Waals surface area contributed by atoms with Gasteiger partial charge >= 0.3 is 0 Å². The van der Waals surface area contributed by atoms with E-state index in [1.165, 1.54) is 32.7 Å². The summed E-state index contributed by atoms with van der Waals surface area (Å²) < 4.78 is 0. The highest BCUT2D eigenvalue weighted by atomic mass is 14.1. The Labute approximate surface area is 83.6 Å². The second-order valence-corrected chi connectivity index (χ2v) is 3.93. The van der Waals surface area contributed by atoms with Gasteiger partial charge < -0.3 is 0 Å². The first-order valence-electron chi connectivity index (χ1n) is 4.81. The van der Waals surface area contributed by atoms with E-state index in [9.17, 15) is 0 Å². The van der Waals surface area contributed by atoms with Gasteiger partial charge in [-0.25, -0.2) is 0 Å². The highest BCUT2D eigenvalue weighted by Crippen LogP contribution is 2.12. The van der Waals surface area contributed by atoms with Crippen molar-refractivity contribution in [2.45, 2.75) is 13.8 Å². The molecule has 68 valence electrons. The van der Waals surface area contributed by atoms with E-state index < -0.39 is 0 Å². The van der Waals surface area contributed by atoms with Gasteiger partial charge in [0.2, 0.25) is 0 Å². The molecule has 3 rings (SSSR count). The summed E-state index contributed by atoms with van der Waals surface area (Å²) in [6.45, 7) is 4.17. The van der Waals surface area contributed by atoms with Crippen molar-refractivity contribution in [3.63, 3.8) is 0 Å². The maximum Gasteiger partial charge on any atom is -0.0581 e. The van der Waals surface area contributed by atoms with Gasteiger partial charge in [-0.3, -0.25) is 0 Å². The highest BCUT2D eigenvalue weighted by Gasteiger charge is 1.95. The summed E-state index contributed by atoms with van der Waals surface area (Å²) in [5.74, 6) is 0. The average Bonchev–Trinajstić information content (AvgIpc) is 2.59. The molecule has 0 spiro atoms. The van der Waals surface area contributed by atoms with Crippen molar-refractivity contribution in [1.82, 2.24) is 0 Å². The molecular weight excluding hydrogens is 168 g/mol. The molecule has 0 fully saturated rings. The SMILES string of the molecule is CC1=[C-]c2cc3c(cc2=C1)C=C(C)[C-]=3. The van der Waals surface area contributed by atoms with E-state index in [-0.39, 0.29) is 0 Å². The number of hydrogen-bond acceptors (Lipinski definition) is 0. The van der Waals surface area contributed by atoms with Crippen LogP contribution in [0, 0.1) is 6.08 Å². The Kier molecular flexibility index (Phi) is 1.38. The molecular formula is C14H10-2. The average molecular weight is 178 g/mol. The Morgan fingerprint density at radius 1 is 1.00 bits per heavy atom. The van der Waals surface area contributed by atoms with Crippen LogP contribution < -0.4 is 10.4 Å². The van der Waals surface area contributed by atoms with E-state index in [1.54, 1.807) is 0 Å². The molecule has 0 heterocycles. The molecule has 0 bridgehead atoms. The lowest BCUT2D eigenvalue weighted by Gasteiger charge is -2.06. The van der Waals surface area contributed by atoms with Crippen LogP contribution in [0.1, 0.15) is 25.0 Å². The molecule has 1 aromatic carbocycles. The zero-order valence-corrected chi connectivity index (χ0v) is 8.31. The molecule has 0 radical (unpaired) electrons. The van der Waals surface area contributed by atoms with Gasteiger partial charge in [-0.2, -0.15) is 33.7 Å². The maximum atomic E-state index is 3.34. The predicted octanol–water partition coefficient (Wildman–Crippen LogP) is 1.65. The summed E-state index contributed by atoms with van der Waals surface area (Å²) in [5.41, 5.74) is 4.92. The maximum absolute atomic E-state index is 3.34. The summed E-state index contributed by atoms with van der Waals surface area (Å²) in [6.07, 6.45) is 11.0. The third kappa shape index (κ3) is 1.00. The van der Waals surface area contributed by atoms with Gasteiger partial charge in [0.1, 0.15) is 0 Å². The van der Waals surface area contributed by atoms with Gasteiger partial charge in [0.05, 0.1) is 0 Å². The van der Waals surface area contributed by atoms with E-state index in [1.807, 2.05) is 0 Å². The van der Waals surface area contributed by atoms with Crippen molar-refractivity contribution >= 4 is 18.2 Å². The fourth-order valence-electron chi connectivity index (χ4n) is 2.05. The molecule has 0 unspecified atom stereocenters. The Hall–Kier alpha value is -1.56. The van der Waals surface area contributed by atoms with Crippen LogP contribution in [0.3, 0.4) is 0 Å². The molecule has 0 aliphatic heterocycles. The molecule has 0 saturated heterocycles. The molecule has 0 heteroatoms. The fourth-order valence-corrected chi connectivity index (χ4v) is 2.05. The number of rotatable bonds is 0. The quantitative estimate of drug-likeness (QED) is 0.530. The van der Waals surface area contributed by atoms with Crippen LogP contribution in [0.2, 0.25) is 0 Å². The van der Waals surface area contributed by atoms with Crippen LogP contribution >= 0.6 is 0 Å². The molecule has 2 aliphatic rings. The first kappa shape index (κ1) is 7.81. The number of benzene rings is 1. The van der Waals surface area contributed by atoms with Crippen molar-refractivity contribution in [3.8, 4) is 0 Å². The van der Waals surface area contributed by atoms with Gasteiger partial charge in [0, 0.05) is 0 Å². The summed E-state index contributed by atoms with van der Waals surface area (Å²) >= 11 is 0. The predicted molar refractivity (Wildman–Crippen MR) is 58.7 cm³/mol. The first-order valence-corrected chi connectivity index (χ1v) is 4.81. The minimum Gasteiger partial charge on any atom is -0.166 e. The smallest absolute Gasteiger partial charge is 0.0581 e. The lowest BCUT2D eigenvalue weighted by Crippen LogP contribution is -2.12. The molecule has 14 heavy (non-hydrogen) atoms. The largest absolute Gasteiger partial charge is 0.166 e. The van der Waals surface area contributed by atoms with Gasteiger partial charge in [-0.15, -0.1) is 35.4 Å². The standard InChI is InChI=1S/C14H10/c1-9-3-11-7-13-5-10(2)6-14(13)8-12(11)4-9/h3,5,7-8H,1-2H3/q-2. The Morgan fingerprint density at radius 2 is 1.86 bits per heavy atom. The Bertz CT molecular complexity index is 540. The molecule has 0 saturated carbocycles. The summed E-state index contributed by atoms with van der Waals surface area (Å²) in [4.78, 5) is 0. The third-order valence-corrected chi connectivity index (χ3v) is 2.63. The van der Waals surface area contributed by atoms with Crippen LogP contribution in [0.4, 0.5) is 0 Å². The molecule has 1 aromatic rings. The fraction of sp³-hybridized carbons (Fsp3) is 0.143.